The number of rotatable bonds is 4. The first kappa shape index (κ1) is 19.4. The molecule has 160 valence electrons. The van der Waals surface area contributed by atoms with Gasteiger partial charge in [-0.1, -0.05) is 72.9 Å². The van der Waals surface area contributed by atoms with Crippen molar-refractivity contribution in [1.82, 2.24) is 4.90 Å². The lowest BCUT2D eigenvalue weighted by molar-refractivity contribution is 0.261. The van der Waals surface area contributed by atoms with Crippen molar-refractivity contribution in [3.05, 3.63) is 125 Å². The normalized spacial score (nSPS) is 27.9. The van der Waals surface area contributed by atoms with E-state index in [1.807, 2.05) is 0 Å². The molecule has 2 nitrogen and oxygen atoms in total. The van der Waals surface area contributed by atoms with Gasteiger partial charge in [-0.05, 0) is 67.5 Å². The minimum Gasteiger partial charge on any atom is -0.360 e. The van der Waals surface area contributed by atoms with Crippen LogP contribution in [0.5, 0.6) is 0 Å². The van der Waals surface area contributed by atoms with Crippen molar-refractivity contribution < 1.29 is 0 Å². The summed E-state index contributed by atoms with van der Waals surface area (Å²) in [6.45, 7) is 0. The number of fused-ring (bicyclic) bond motifs is 3. The summed E-state index contributed by atoms with van der Waals surface area (Å²) < 4.78 is 0. The van der Waals surface area contributed by atoms with E-state index in [0.717, 1.165) is 32.1 Å². The molecule has 6 rings (SSSR count). The Hall–Kier alpha value is -3.26. The molecule has 1 saturated heterocycles. The van der Waals surface area contributed by atoms with Gasteiger partial charge in [0.15, 0.2) is 0 Å². The van der Waals surface area contributed by atoms with Crippen LogP contribution in [0.4, 0.5) is 5.69 Å². The lowest BCUT2D eigenvalue weighted by atomic mass is 9.89. The number of hydrogen-bond donors (Lipinski definition) is 1. The van der Waals surface area contributed by atoms with Gasteiger partial charge in [0.1, 0.15) is 0 Å². The molecular weight excluding hydrogens is 388 g/mol. The maximum absolute atomic E-state index is 3.81. The fourth-order valence-electron chi connectivity index (χ4n) is 5.81. The van der Waals surface area contributed by atoms with Crippen molar-refractivity contribution in [1.29, 1.82) is 0 Å². The fraction of sp³-hybridized carbons (Fsp3) is 0.267. The van der Waals surface area contributed by atoms with Gasteiger partial charge in [0.2, 0.25) is 0 Å². The van der Waals surface area contributed by atoms with E-state index in [1.165, 1.54) is 33.8 Å². The van der Waals surface area contributed by atoms with Gasteiger partial charge in [0, 0.05) is 28.6 Å². The highest BCUT2D eigenvalue weighted by Crippen LogP contribution is 2.46. The number of allylic oxidation sites excluding steroid dienone is 11. The zero-order chi connectivity index (χ0) is 21.3. The first-order valence-electron chi connectivity index (χ1n) is 12.0. The Labute approximate surface area is 191 Å². The van der Waals surface area contributed by atoms with Crippen molar-refractivity contribution in [2.75, 3.05) is 5.32 Å². The molecule has 4 aliphatic carbocycles. The summed E-state index contributed by atoms with van der Waals surface area (Å²) >= 11 is 0. The second-order valence-corrected chi connectivity index (χ2v) is 9.22. The van der Waals surface area contributed by atoms with E-state index in [4.69, 9.17) is 0 Å². The molecule has 0 radical (unpaired) electrons. The highest BCUT2D eigenvalue weighted by Gasteiger charge is 2.43. The van der Waals surface area contributed by atoms with Crippen molar-refractivity contribution in [3.63, 3.8) is 0 Å². The van der Waals surface area contributed by atoms with E-state index < -0.39 is 0 Å². The molecule has 1 aliphatic heterocycles. The predicted molar refractivity (Wildman–Crippen MR) is 134 cm³/mol. The maximum atomic E-state index is 3.81. The Kier molecular flexibility index (Phi) is 5.07. The molecule has 3 unspecified atom stereocenters. The monoisotopic (exact) mass is 418 g/mol. The van der Waals surface area contributed by atoms with Crippen molar-refractivity contribution in [3.8, 4) is 0 Å². The van der Waals surface area contributed by atoms with Gasteiger partial charge in [-0.15, -0.1) is 0 Å². The van der Waals surface area contributed by atoms with Crippen LogP contribution < -0.4 is 5.32 Å². The standard InChI is InChI=1S/C30H30N2/c1-3-11-22(12-4-1)23-13-9-14-24(21-23)31-27-18-10-20-29-30(27)26-17-7-8-19-28(26)32(29)25-15-5-2-6-16-25/h1-5,7-11,13-15,17-18,21-22,28-29,31H,6,12,16,19-20H2. The van der Waals surface area contributed by atoms with Gasteiger partial charge in [0.05, 0.1) is 12.1 Å². The van der Waals surface area contributed by atoms with Crippen molar-refractivity contribution in [2.24, 2.45) is 0 Å². The molecule has 1 N–H and O–H groups in total. The Morgan fingerprint density at radius 2 is 1.75 bits per heavy atom. The Bertz CT molecular complexity index is 1150. The zero-order valence-corrected chi connectivity index (χ0v) is 18.5. The van der Waals surface area contributed by atoms with Gasteiger partial charge in [0.25, 0.3) is 0 Å². The smallest absolute Gasteiger partial charge is 0.0604 e. The molecular formula is C30H30N2. The van der Waals surface area contributed by atoms with Gasteiger partial charge in [-0.3, -0.25) is 0 Å². The largest absolute Gasteiger partial charge is 0.360 e. The first-order valence-corrected chi connectivity index (χ1v) is 12.0. The maximum Gasteiger partial charge on any atom is 0.0604 e. The zero-order valence-electron chi connectivity index (χ0n) is 18.5. The molecule has 0 aromatic heterocycles. The van der Waals surface area contributed by atoms with Crippen LogP contribution in [-0.4, -0.2) is 17.0 Å². The van der Waals surface area contributed by atoms with Gasteiger partial charge >= 0.3 is 0 Å². The average molecular weight is 419 g/mol. The van der Waals surface area contributed by atoms with Gasteiger partial charge in [-0.2, -0.15) is 0 Å². The van der Waals surface area contributed by atoms with E-state index in [1.54, 1.807) is 0 Å². The molecule has 0 bridgehead atoms. The van der Waals surface area contributed by atoms with Crippen LogP contribution in [0.15, 0.2) is 120 Å². The Balaban J connectivity index is 1.36. The molecule has 5 aliphatic rings. The molecule has 32 heavy (non-hydrogen) atoms. The third-order valence-electron chi connectivity index (χ3n) is 7.28. The summed E-state index contributed by atoms with van der Waals surface area (Å²) in [4.78, 5) is 2.72. The summed E-state index contributed by atoms with van der Waals surface area (Å²) in [7, 11) is 0. The Morgan fingerprint density at radius 3 is 2.62 bits per heavy atom. The van der Waals surface area contributed by atoms with E-state index in [0.29, 0.717) is 18.0 Å². The molecule has 1 aromatic rings. The number of likely N-dealkylation sites (tertiary alicyclic amines) is 1. The number of anilines is 1. The number of nitrogens with zero attached hydrogens (tertiary/aromatic N) is 1. The second kappa shape index (κ2) is 8.35. The van der Waals surface area contributed by atoms with Crippen LogP contribution in [0.25, 0.3) is 0 Å². The topological polar surface area (TPSA) is 15.3 Å². The molecule has 0 saturated carbocycles. The molecule has 2 heteroatoms. The van der Waals surface area contributed by atoms with E-state index in [9.17, 15) is 0 Å². The summed E-state index contributed by atoms with van der Waals surface area (Å²) in [5.41, 5.74) is 8.30. The summed E-state index contributed by atoms with van der Waals surface area (Å²) in [6.07, 6.45) is 32.9. The summed E-state index contributed by atoms with van der Waals surface area (Å²) in [5, 5.41) is 3.81. The van der Waals surface area contributed by atoms with Gasteiger partial charge in [-0.25, -0.2) is 0 Å². The van der Waals surface area contributed by atoms with Crippen LogP contribution >= 0.6 is 0 Å². The van der Waals surface area contributed by atoms with Crippen LogP contribution in [0.3, 0.4) is 0 Å². The van der Waals surface area contributed by atoms with Crippen LogP contribution in [-0.2, 0) is 0 Å². The van der Waals surface area contributed by atoms with E-state index in [2.05, 4.69) is 107 Å². The van der Waals surface area contributed by atoms with Gasteiger partial charge < -0.3 is 10.2 Å². The first-order chi connectivity index (χ1) is 15.9. The van der Waals surface area contributed by atoms with Crippen LogP contribution in [0.2, 0.25) is 0 Å². The number of hydrogen-bond acceptors (Lipinski definition) is 2. The van der Waals surface area contributed by atoms with Crippen molar-refractivity contribution in [2.45, 2.75) is 50.1 Å². The molecule has 1 aromatic carbocycles. The highest BCUT2D eigenvalue weighted by atomic mass is 15.2. The van der Waals surface area contributed by atoms with Crippen LogP contribution in [0.1, 0.15) is 43.6 Å². The minimum absolute atomic E-state index is 0.422. The van der Waals surface area contributed by atoms with E-state index in [-0.39, 0.29) is 0 Å². The second-order valence-electron chi connectivity index (χ2n) is 9.22. The lowest BCUT2D eigenvalue weighted by Gasteiger charge is -2.35. The number of nitrogens with one attached hydrogen (secondary N) is 1. The fourth-order valence-corrected chi connectivity index (χ4v) is 5.81. The highest BCUT2D eigenvalue weighted by molar-refractivity contribution is 5.62. The third-order valence-corrected chi connectivity index (χ3v) is 7.28. The molecule has 1 fully saturated rings. The molecule has 3 atom stereocenters. The molecule has 0 spiro atoms. The summed E-state index contributed by atoms with van der Waals surface area (Å²) in [6, 6.07) is 9.84. The third kappa shape index (κ3) is 3.44. The Morgan fingerprint density at radius 1 is 0.844 bits per heavy atom. The van der Waals surface area contributed by atoms with Crippen molar-refractivity contribution >= 4 is 5.69 Å². The average Bonchev–Trinajstić information content (AvgIpc) is 3.21. The quantitative estimate of drug-likeness (QED) is 0.562. The predicted octanol–water partition coefficient (Wildman–Crippen LogP) is 7.09. The molecule has 1 heterocycles. The van der Waals surface area contributed by atoms with E-state index >= 15 is 0 Å². The van der Waals surface area contributed by atoms with Crippen LogP contribution in [0, 0.1) is 0 Å². The minimum atomic E-state index is 0.422. The SMILES string of the molecule is C1=CCCC(N2C3CC=CC=C3C3=C(Nc4cccc(C5C=CC=CC5)c4)C=CCC32)=C1. The number of benzene rings is 1. The molecule has 0 amide bonds. The summed E-state index contributed by atoms with van der Waals surface area (Å²) in [5.74, 6) is 0.470. The lowest BCUT2D eigenvalue weighted by Crippen LogP contribution is -2.36.